The number of unbranched alkanes of at least 4 members (excludes halogenated alkanes) is 22. The van der Waals surface area contributed by atoms with Crippen molar-refractivity contribution in [1.82, 2.24) is 0 Å². The molecule has 1 nitrogen and oxygen atoms in total. The minimum absolute atomic E-state index is 0.368. The topological polar surface area (TPSA) is 20.2 Å². The predicted molar refractivity (Wildman–Crippen MR) is 141 cm³/mol. The average Bonchev–Trinajstić information content (AvgIpc) is 2.70. The number of aliphatic hydroxyl groups is 1. The molecule has 0 rings (SSSR count). The summed E-state index contributed by atoms with van der Waals surface area (Å²) in [5, 5.41) is 8.75. The van der Waals surface area contributed by atoms with Crippen molar-refractivity contribution >= 4 is 28.9 Å². The molecular formula is C26H54Cl2OSi. The van der Waals surface area contributed by atoms with Crippen LogP contribution in [0.5, 0.6) is 0 Å². The van der Waals surface area contributed by atoms with Crippen LogP contribution in [0.1, 0.15) is 148 Å². The van der Waals surface area contributed by atoms with Gasteiger partial charge >= 0.3 is 0 Å². The summed E-state index contributed by atoms with van der Waals surface area (Å²) in [7, 11) is 0. The molecule has 1 N–H and O–H groups in total. The van der Waals surface area contributed by atoms with Gasteiger partial charge in [-0.2, -0.15) is 0 Å². The molecule has 182 valence electrons. The number of hydrogen-bond acceptors (Lipinski definition) is 1. The van der Waals surface area contributed by atoms with Gasteiger partial charge in [0.1, 0.15) is 0 Å². The lowest BCUT2D eigenvalue weighted by Crippen LogP contribution is -2.11. The Morgan fingerprint density at radius 3 is 0.800 bits per heavy atom. The molecule has 0 amide bonds. The Balaban J connectivity index is 3.02. The van der Waals surface area contributed by atoms with Gasteiger partial charge in [-0.25, -0.2) is 0 Å². The second-order valence-corrected chi connectivity index (χ2v) is 17.9. The Morgan fingerprint density at radius 2 is 0.600 bits per heavy atom. The molecule has 4 heteroatoms. The molecule has 0 bridgehead atoms. The molecule has 0 aliphatic rings. The summed E-state index contributed by atoms with van der Waals surface area (Å²) in [6.07, 6.45) is 31.8. The number of rotatable bonds is 25. The van der Waals surface area contributed by atoms with Gasteiger partial charge in [0.05, 0.1) is 0 Å². The number of aliphatic hydroxyl groups excluding tert-OH is 1. The van der Waals surface area contributed by atoms with Crippen LogP contribution in [0, 0.1) is 0 Å². The molecule has 0 heterocycles. The molecule has 0 aromatic rings. The molecule has 0 radical (unpaired) electrons. The first-order chi connectivity index (χ1) is 14.6. The highest BCUT2D eigenvalue weighted by molar-refractivity contribution is 7.44. The fourth-order valence-electron chi connectivity index (χ4n) is 4.26. The molecule has 0 saturated carbocycles. The standard InChI is InChI=1S/C26H54Cl2OSi/c1-30(27,28)26-24-22-20-18-16-14-12-10-8-6-4-2-3-5-7-9-11-13-15-17-19-21-23-25-29/h29H,2-26H2,1H3. The molecule has 0 aromatic heterocycles. The van der Waals surface area contributed by atoms with Gasteiger partial charge in [-0.15, -0.1) is 22.2 Å². The molecule has 30 heavy (non-hydrogen) atoms. The van der Waals surface area contributed by atoms with Gasteiger partial charge < -0.3 is 5.11 Å². The zero-order chi connectivity index (χ0) is 22.2. The number of hydrogen-bond donors (Lipinski definition) is 1. The smallest absolute Gasteiger partial charge is 0.248 e. The maximum Gasteiger partial charge on any atom is 0.248 e. The number of halogens is 2. The minimum Gasteiger partial charge on any atom is -0.396 e. The summed E-state index contributed by atoms with van der Waals surface area (Å²) in [5.41, 5.74) is 0. The van der Waals surface area contributed by atoms with Crippen molar-refractivity contribution in [3.63, 3.8) is 0 Å². The average molecular weight is 482 g/mol. The Bertz CT molecular complexity index is 321. The van der Waals surface area contributed by atoms with Gasteiger partial charge in [0.2, 0.25) is 6.69 Å². The minimum atomic E-state index is -1.84. The molecule has 0 fully saturated rings. The summed E-state index contributed by atoms with van der Waals surface area (Å²) >= 11 is 12.3. The van der Waals surface area contributed by atoms with Crippen molar-refractivity contribution in [2.45, 2.75) is 160 Å². The Hall–Kier alpha value is 0.757. The molecule has 0 aliphatic heterocycles. The highest BCUT2D eigenvalue weighted by Gasteiger charge is 2.19. The van der Waals surface area contributed by atoms with Crippen LogP contribution in [-0.4, -0.2) is 18.4 Å². The van der Waals surface area contributed by atoms with E-state index in [0.717, 1.165) is 12.5 Å². The van der Waals surface area contributed by atoms with E-state index in [1.54, 1.807) is 0 Å². The molecule has 0 spiro atoms. The fraction of sp³-hybridized carbons (Fsp3) is 1.00. The van der Waals surface area contributed by atoms with E-state index in [1.807, 2.05) is 6.55 Å². The maximum atomic E-state index is 8.75. The van der Waals surface area contributed by atoms with Crippen LogP contribution in [0.2, 0.25) is 12.6 Å². The molecule has 0 aromatic carbocycles. The van der Waals surface area contributed by atoms with Gasteiger partial charge in [0.15, 0.2) is 0 Å². The van der Waals surface area contributed by atoms with Gasteiger partial charge in [-0.3, -0.25) is 0 Å². The van der Waals surface area contributed by atoms with Crippen molar-refractivity contribution in [1.29, 1.82) is 0 Å². The fourth-order valence-corrected chi connectivity index (χ4v) is 5.93. The van der Waals surface area contributed by atoms with E-state index < -0.39 is 6.69 Å². The Kier molecular flexibility index (Phi) is 25.0. The molecular weight excluding hydrogens is 427 g/mol. The lowest BCUT2D eigenvalue weighted by molar-refractivity contribution is 0.282. The second-order valence-electron chi connectivity index (χ2n) is 9.68. The monoisotopic (exact) mass is 480 g/mol. The first-order valence-corrected chi connectivity index (χ1v) is 18.3. The highest BCUT2D eigenvalue weighted by atomic mass is 35.7. The van der Waals surface area contributed by atoms with Crippen LogP contribution in [0.15, 0.2) is 0 Å². The molecule has 0 aliphatic carbocycles. The summed E-state index contributed by atoms with van der Waals surface area (Å²) in [6.45, 7) is 0.563. The van der Waals surface area contributed by atoms with Gasteiger partial charge in [-0.1, -0.05) is 141 Å². The maximum absolute atomic E-state index is 8.75. The van der Waals surface area contributed by atoms with E-state index in [0.29, 0.717) is 6.61 Å². The van der Waals surface area contributed by atoms with Crippen molar-refractivity contribution < 1.29 is 5.11 Å². The van der Waals surface area contributed by atoms with Crippen LogP contribution in [0.25, 0.3) is 0 Å². The molecule has 0 saturated heterocycles. The second kappa shape index (κ2) is 24.4. The lowest BCUT2D eigenvalue weighted by atomic mass is 10.0. The van der Waals surface area contributed by atoms with Crippen LogP contribution in [0.3, 0.4) is 0 Å². The van der Waals surface area contributed by atoms with Gasteiger partial charge in [0.25, 0.3) is 0 Å². The van der Waals surface area contributed by atoms with E-state index in [4.69, 9.17) is 27.3 Å². The van der Waals surface area contributed by atoms with Gasteiger partial charge in [-0.05, 0) is 19.0 Å². The van der Waals surface area contributed by atoms with E-state index in [1.165, 1.54) is 141 Å². The molecule has 0 unspecified atom stereocenters. The van der Waals surface area contributed by atoms with Crippen LogP contribution >= 0.6 is 22.2 Å². The van der Waals surface area contributed by atoms with Crippen molar-refractivity contribution in [3.8, 4) is 0 Å². The highest BCUT2D eigenvalue weighted by Crippen LogP contribution is 2.23. The lowest BCUT2D eigenvalue weighted by Gasteiger charge is -2.09. The zero-order valence-corrected chi connectivity index (χ0v) is 22.9. The summed E-state index contributed by atoms with van der Waals surface area (Å²) < 4.78 is 0. The van der Waals surface area contributed by atoms with E-state index in [9.17, 15) is 0 Å². The summed E-state index contributed by atoms with van der Waals surface area (Å²) in [6, 6.07) is 1.06. The summed E-state index contributed by atoms with van der Waals surface area (Å²) in [5.74, 6) is 0. The largest absolute Gasteiger partial charge is 0.396 e. The zero-order valence-electron chi connectivity index (χ0n) is 20.4. The van der Waals surface area contributed by atoms with Crippen LogP contribution < -0.4 is 0 Å². The van der Waals surface area contributed by atoms with Crippen molar-refractivity contribution in [2.24, 2.45) is 0 Å². The first kappa shape index (κ1) is 30.8. The van der Waals surface area contributed by atoms with Crippen LogP contribution in [0.4, 0.5) is 0 Å². The van der Waals surface area contributed by atoms with E-state index in [2.05, 4.69) is 0 Å². The van der Waals surface area contributed by atoms with Crippen LogP contribution in [-0.2, 0) is 0 Å². The third-order valence-electron chi connectivity index (χ3n) is 6.27. The quantitative estimate of drug-likeness (QED) is 0.0781. The Labute approximate surface area is 200 Å². The van der Waals surface area contributed by atoms with Crippen molar-refractivity contribution in [2.75, 3.05) is 6.61 Å². The first-order valence-electron chi connectivity index (χ1n) is 13.5. The SMILES string of the molecule is C[Si](Cl)(Cl)CCCCCCCCCCCCCCCCCCCCCCCCCO. The van der Waals surface area contributed by atoms with E-state index in [-0.39, 0.29) is 0 Å². The normalized spacial score (nSPS) is 12.0. The Morgan fingerprint density at radius 1 is 0.400 bits per heavy atom. The third-order valence-corrected chi connectivity index (χ3v) is 8.64. The third kappa shape index (κ3) is 28.8. The predicted octanol–water partition coefficient (Wildman–Crippen LogP) is 10.5. The van der Waals surface area contributed by atoms with Gasteiger partial charge in [0, 0.05) is 6.61 Å². The van der Waals surface area contributed by atoms with E-state index >= 15 is 0 Å². The van der Waals surface area contributed by atoms with Crippen molar-refractivity contribution in [3.05, 3.63) is 0 Å². The summed E-state index contributed by atoms with van der Waals surface area (Å²) in [4.78, 5) is 0. The molecule has 0 atom stereocenters.